The lowest BCUT2D eigenvalue weighted by Gasteiger charge is -2.33. The van der Waals surface area contributed by atoms with E-state index < -0.39 is 5.97 Å². The van der Waals surface area contributed by atoms with E-state index in [9.17, 15) is 4.79 Å². The molecule has 3 atom stereocenters. The molecule has 0 aromatic rings. The molecule has 1 aliphatic carbocycles. The fraction of sp³-hybridized carbons (Fsp3) is 0.923. The molecule has 0 spiro atoms. The molecule has 15 heavy (non-hydrogen) atoms. The first kappa shape index (κ1) is 12.5. The summed E-state index contributed by atoms with van der Waals surface area (Å²) in [5.74, 6) is 2.02. The van der Waals surface area contributed by atoms with E-state index >= 15 is 0 Å². The number of rotatable bonds is 4. The highest BCUT2D eigenvalue weighted by Crippen LogP contribution is 2.37. The van der Waals surface area contributed by atoms with Crippen LogP contribution in [0.15, 0.2) is 0 Å². The van der Waals surface area contributed by atoms with Crippen molar-refractivity contribution < 1.29 is 9.90 Å². The summed E-state index contributed by atoms with van der Waals surface area (Å²) in [6.07, 6.45) is 5.18. The quantitative estimate of drug-likeness (QED) is 0.773. The second-order valence-corrected chi connectivity index (χ2v) is 5.77. The number of hydrogen-bond acceptors (Lipinski definition) is 1. The second-order valence-electron chi connectivity index (χ2n) is 5.77. The van der Waals surface area contributed by atoms with Crippen molar-refractivity contribution in [3.05, 3.63) is 0 Å². The van der Waals surface area contributed by atoms with Crippen molar-refractivity contribution in [2.75, 3.05) is 0 Å². The molecule has 88 valence electrons. The number of carbonyl (C=O) groups is 1. The Morgan fingerprint density at radius 2 is 1.87 bits per heavy atom. The summed E-state index contributed by atoms with van der Waals surface area (Å²) < 4.78 is 0. The summed E-state index contributed by atoms with van der Waals surface area (Å²) in [5, 5.41) is 8.82. The van der Waals surface area contributed by atoms with E-state index in [4.69, 9.17) is 5.11 Å². The molecular formula is C13H24O2. The molecule has 0 aliphatic heterocycles. The third-order valence-corrected chi connectivity index (χ3v) is 3.41. The van der Waals surface area contributed by atoms with Crippen LogP contribution in [0.5, 0.6) is 0 Å². The molecule has 1 N–H and O–H groups in total. The van der Waals surface area contributed by atoms with Gasteiger partial charge in [0.1, 0.15) is 0 Å². The summed E-state index contributed by atoms with van der Waals surface area (Å²) >= 11 is 0. The molecule has 1 rings (SSSR count). The van der Waals surface area contributed by atoms with Gasteiger partial charge >= 0.3 is 5.97 Å². The average Bonchev–Trinajstić information content (AvgIpc) is 1.98. The summed E-state index contributed by atoms with van der Waals surface area (Å²) in [6, 6.07) is 0. The van der Waals surface area contributed by atoms with Crippen LogP contribution in [0.2, 0.25) is 0 Å². The Kier molecular flexibility index (Phi) is 4.62. The van der Waals surface area contributed by atoms with E-state index in [1.54, 1.807) is 0 Å². The first-order valence-corrected chi connectivity index (χ1v) is 6.19. The van der Waals surface area contributed by atoms with Gasteiger partial charge in [0.15, 0.2) is 0 Å². The molecule has 1 aliphatic rings. The molecule has 3 unspecified atom stereocenters. The minimum atomic E-state index is -0.627. The minimum absolute atomic E-state index is 0.374. The van der Waals surface area contributed by atoms with Gasteiger partial charge < -0.3 is 5.11 Å². The van der Waals surface area contributed by atoms with E-state index in [2.05, 4.69) is 20.8 Å². The summed E-state index contributed by atoms with van der Waals surface area (Å²) in [5.41, 5.74) is 0. The maximum absolute atomic E-state index is 10.7. The molecule has 2 nitrogen and oxygen atoms in total. The van der Waals surface area contributed by atoms with Crippen molar-refractivity contribution in [2.45, 2.75) is 52.9 Å². The highest BCUT2D eigenvalue weighted by Gasteiger charge is 2.28. The molecule has 1 fully saturated rings. The zero-order valence-corrected chi connectivity index (χ0v) is 10.2. The molecule has 0 aromatic heterocycles. The van der Waals surface area contributed by atoms with Crippen molar-refractivity contribution in [3.8, 4) is 0 Å². The lowest BCUT2D eigenvalue weighted by molar-refractivity contribution is -0.138. The van der Waals surface area contributed by atoms with Crippen LogP contribution >= 0.6 is 0 Å². The average molecular weight is 212 g/mol. The SMILES string of the molecule is CC(C)CC1CC(C)CC(CC(=O)O)C1. The molecule has 0 radical (unpaired) electrons. The van der Waals surface area contributed by atoms with E-state index in [-0.39, 0.29) is 0 Å². The van der Waals surface area contributed by atoms with Gasteiger partial charge in [-0.25, -0.2) is 0 Å². The largest absolute Gasteiger partial charge is 0.481 e. The first-order valence-electron chi connectivity index (χ1n) is 6.19. The van der Waals surface area contributed by atoms with Gasteiger partial charge in [0.25, 0.3) is 0 Å². The van der Waals surface area contributed by atoms with Gasteiger partial charge in [0, 0.05) is 6.42 Å². The van der Waals surface area contributed by atoms with Gasteiger partial charge in [-0.3, -0.25) is 4.79 Å². The fourth-order valence-electron chi connectivity index (χ4n) is 3.17. The van der Waals surface area contributed by atoms with Crippen LogP contribution in [0.25, 0.3) is 0 Å². The Morgan fingerprint density at radius 3 is 2.40 bits per heavy atom. The van der Waals surface area contributed by atoms with Crippen molar-refractivity contribution in [3.63, 3.8) is 0 Å². The predicted octanol–water partition coefficient (Wildman–Crippen LogP) is 3.56. The van der Waals surface area contributed by atoms with Crippen molar-refractivity contribution >= 4 is 5.97 Å². The normalized spacial score (nSPS) is 31.9. The molecule has 0 aromatic carbocycles. The highest BCUT2D eigenvalue weighted by molar-refractivity contribution is 5.67. The maximum Gasteiger partial charge on any atom is 0.303 e. The van der Waals surface area contributed by atoms with Crippen LogP contribution < -0.4 is 0 Å². The molecule has 0 saturated heterocycles. The van der Waals surface area contributed by atoms with E-state index in [0.29, 0.717) is 18.3 Å². The number of aliphatic carboxylic acids is 1. The van der Waals surface area contributed by atoms with Gasteiger partial charge in [-0.15, -0.1) is 0 Å². The second kappa shape index (κ2) is 5.53. The van der Waals surface area contributed by atoms with E-state index in [0.717, 1.165) is 24.7 Å². The monoisotopic (exact) mass is 212 g/mol. The van der Waals surface area contributed by atoms with Crippen molar-refractivity contribution in [1.29, 1.82) is 0 Å². The number of carboxylic acid groups (broad SMARTS) is 1. The Morgan fingerprint density at radius 1 is 1.27 bits per heavy atom. The van der Waals surface area contributed by atoms with Gasteiger partial charge in [0.2, 0.25) is 0 Å². The van der Waals surface area contributed by atoms with Gasteiger partial charge in [-0.2, -0.15) is 0 Å². The smallest absolute Gasteiger partial charge is 0.303 e. The van der Waals surface area contributed by atoms with E-state index in [1.807, 2.05) is 0 Å². The first-order chi connectivity index (χ1) is 6.97. The van der Waals surface area contributed by atoms with Crippen LogP contribution in [-0.2, 0) is 4.79 Å². The number of carboxylic acids is 1. The zero-order valence-electron chi connectivity index (χ0n) is 10.2. The fourth-order valence-corrected chi connectivity index (χ4v) is 3.17. The summed E-state index contributed by atoms with van der Waals surface area (Å²) in [4.78, 5) is 10.7. The van der Waals surface area contributed by atoms with Gasteiger partial charge in [-0.05, 0) is 49.4 Å². The predicted molar refractivity (Wildman–Crippen MR) is 61.7 cm³/mol. The Hall–Kier alpha value is -0.530. The zero-order chi connectivity index (χ0) is 11.4. The maximum atomic E-state index is 10.7. The lowest BCUT2D eigenvalue weighted by Crippen LogP contribution is -2.24. The Labute approximate surface area is 93.1 Å². The summed E-state index contributed by atoms with van der Waals surface area (Å²) in [7, 11) is 0. The highest BCUT2D eigenvalue weighted by atomic mass is 16.4. The lowest BCUT2D eigenvalue weighted by atomic mass is 9.72. The molecule has 0 heterocycles. The van der Waals surface area contributed by atoms with Crippen molar-refractivity contribution in [1.82, 2.24) is 0 Å². The topological polar surface area (TPSA) is 37.3 Å². The van der Waals surface area contributed by atoms with Gasteiger partial charge in [-0.1, -0.05) is 20.8 Å². The Balaban J connectivity index is 2.44. The van der Waals surface area contributed by atoms with Crippen LogP contribution in [0.1, 0.15) is 52.9 Å². The summed E-state index contributed by atoms with van der Waals surface area (Å²) in [6.45, 7) is 6.78. The van der Waals surface area contributed by atoms with Crippen LogP contribution in [0, 0.1) is 23.7 Å². The molecular weight excluding hydrogens is 188 g/mol. The van der Waals surface area contributed by atoms with Crippen LogP contribution in [0.3, 0.4) is 0 Å². The third-order valence-electron chi connectivity index (χ3n) is 3.41. The molecule has 0 amide bonds. The van der Waals surface area contributed by atoms with Gasteiger partial charge in [0.05, 0.1) is 0 Å². The standard InChI is InChI=1S/C13H24O2/c1-9(2)4-11-5-10(3)6-12(7-11)8-13(14)15/h9-12H,4-8H2,1-3H3,(H,14,15). The minimum Gasteiger partial charge on any atom is -0.481 e. The number of hydrogen-bond donors (Lipinski definition) is 1. The molecule has 2 heteroatoms. The third kappa shape index (κ3) is 4.67. The molecule has 1 saturated carbocycles. The Bertz CT molecular complexity index is 209. The van der Waals surface area contributed by atoms with Crippen LogP contribution in [0.4, 0.5) is 0 Å². The van der Waals surface area contributed by atoms with E-state index in [1.165, 1.54) is 12.8 Å². The van der Waals surface area contributed by atoms with Crippen molar-refractivity contribution in [2.24, 2.45) is 23.7 Å². The van der Waals surface area contributed by atoms with Crippen LogP contribution in [-0.4, -0.2) is 11.1 Å². The molecule has 0 bridgehead atoms.